The largest absolute Gasteiger partial charge is 0.378 e. The van der Waals surface area contributed by atoms with Gasteiger partial charge in [0, 0.05) is 33.3 Å². The molecule has 0 saturated heterocycles. The maximum atomic E-state index is 15.6. The number of halogens is 5. The fourth-order valence-electron chi connectivity index (χ4n) is 3.26. The van der Waals surface area contributed by atoms with Gasteiger partial charge in [0.15, 0.2) is 5.60 Å². The van der Waals surface area contributed by atoms with Crippen LogP contribution < -0.4 is 4.81 Å². The van der Waals surface area contributed by atoms with Crippen molar-refractivity contribution in [2.24, 2.45) is 5.10 Å². The number of rotatable bonds is 6. The molecular weight excluding hydrogens is 468 g/mol. The number of para-hydroxylation sites is 1. The van der Waals surface area contributed by atoms with Crippen LogP contribution in [0.25, 0.3) is 0 Å². The third-order valence-corrected chi connectivity index (χ3v) is 6.92. The summed E-state index contributed by atoms with van der Waals surface area (Å²) >= 11 is 12.9. The molecule has 0 fully saturated rings. The predicted molar refractivity (Wildman–Crippen MR) is 120 cm³/mol. The van der Waals surface area contributed by atoms with E-state index >= 15 is 4.48 Å². The molecule has 1 aliphatic rings. The van der Waals surface area contributed by atoms with Crippen LogP contribution in [0.3, 0.4) is 0 Å². The lowest BCUT2D eigenvalue weighted by atomic mass is 9.94. The Morgan fingerprint density at radius 1 is 1.00 bits per heavy atom. The van der Waals surface area contributed by atoms with Crippen LogP contribution >= 0.6 is 35.0 Å². The smallest absolute Gasteiger partial charge is 0.271 e. The Bertz CT molecular complexity index is 1150. The number of fused-ring (bicyclic) bond motifs is 1. The average molecular weight is 484 g/mol. The van der Waals surface area contributed by atoms with Gasteiger partial charge >= 0.3 is 0 Å². The highest BCUT2D eigenvalue weighted by molar-refractivity contribution is 7.99. The lowest BCUT2D eigenvalue weighted by Crippen LogP contribution is -2.37. The summed E-state index contributed by atoms with van der Waals surface area (Å²) in [6.45, 7) is 0. The second kappa shape index (κ2) is 8.48. The van der Waals surface area contributed by atoms with Gasteiger partial charge in [-0.2, -0.15) is 0 Å². The highest BCUT2D eigenvalue weighted by atomic mass is 35.5. The van der Waals surface area contributed by atoms with Gasteiger partial charge in [-0.25, -0.2) is 8.78 Å². The summed E-state index contributed by atoms with van der Waals surface area (Å²) in [7, 11) is 0. The first-order chi connectivity index (χ1) is 14.7. The first kappa shape index (κ1) is 22.2. The molecule has 0 aliphatic carbocycles. The van der Waals surface area contributed by atoms with Gasteiger partial charge in [0.25, 0.3) is 6.43 Å². The number of hydrogen-bond donors (Lipinski definition) is 1. The van der Waals surface area contributed by atoms with Gasteiger partial charge in [0.1, 0.15) is 6.21 Å². The molecule has 31 heavy (non-hydrogen) atoms. The van der Waals surface area contributed by atoms with Crippen LogP contribution in [0.2, 0.25) is 10.0 Å². The molecule has 0 radical (unpaired) electrons. The summed E-state index contributed by atoms with van der Waals surface area (Å²) in [5, 5.41) is 15.4. The van der Waals surface area contributed by atoms with E-state index in [4.69, 9.17) is 23.2 Å². The van der Waals surface area contributed by atoms with Gasteiger partial charge in [0.05, 0.1) is 20.4 Å². The molecule has 9 heteroatoms. The van der Waals surface area contributed by atoms with Gasteiger partial charge in [-0.05, 0) is 41.0 Å². The summed E-state index contributed by atoms with van der Waals surface area (Å²) in [6, 6.07) is 17.1. The number of thioether (sulfide) groups is 1. The molecule has 0 amide bonds. The zero-order chi connectivity index (χ0) is 22.2. The van der Waals surface area contributed by atoms with Crippen LogP contribution in [-0.4, -0.2) is 23.5 Å². The molecule has 2 unspecified atom stereocenters. The number of benzene rings is 3. The average Bonchev–Trinajstić information content (AvgIpc) is 3.12. The van der Waals surface area contributed by atoms with Crippen LogP contribution in [0.15, 0.2) is 76.7 Å². The van der Waals surface area contributed by atoms with Crippen molar-refractivity contribution in [2.75, 3.05) is 5.75 Å². The molecule has 0 saturated carbocycles. The van der Waals surface area contributed by atoms with E-state index in [1.165, 1.54) is 24.4 Å². The minimum absolute atomic E-state index is 0.0261. The Morgan fingerprint density at radius 2 is 1.74 bits per heavy atom. The number of aliphatic hydroxyl groups is 1. The first-order valence-corrected chi connectivity index (χ1v) is 10.9. The number of hydrogen-bond acceptors (Lipinski definition) is 3. The monoisotopic (exact) mass is 483 g/mol. The highest BCUT2D eigenvalue weighted by Crippen LogP contribution is 2.44. The van der Waals surface area contributed by atoms with E-state index in [1.54, 1.807) is 48.5 Å². The van der Waals surface area contributed by atoms with E-state index in [0.717, 1.165) is 11.8 Å². The number of quaternary nitrogens is 1. The minimum atomic E-state index is -3.07. The van der Waals surface area contributed by atoms with Crippen LogP contribution in [0.1, 0.15) is 11.1 Å². The van der Waals surface area contributed by atoms with Crippen molar-refractivity contribution in [2.45, 2.75) is 16.9 Å². The fourth-order valence-corrected chi connectivity index (χ4v) is 4.67. The lowest BCUT2D eigenvalue weighted by molar-refractivity contribution is -0.0846. The van der Waals surface area contributed by atoms with Crippen LogP contribution in [0, 0.1) is 0 Å². The molecule has 0 bridgehead atoms. The normalized spacial score (nSPS) is 19.5. The molecule has 3 aromatic rings. The van der Waals surface area contributed by atoms with Crippen LogP contribution in [0.5, 0.6) is 0 Å². The van der Waals surface area contributed by atoms with Crippen molar-refractivity contribution < 1.29 is 18.4 Å². The van der Waals surface area contributed by atoms with Crippen LogP contribution in [-0.2, 0) is 5.60 Å². The highest BCUT2D eigenvalue weighted by Gasteiger charge is 2.45. The third kappa shape index (κ3) is 4.08. The molecule has 3 nitrogen and oxygen atoms in total. The summed E-state index contributed by atoms with van der Waals surface area (Å²) in [6.07, 6.45) is -1.79. The zero-order valence-corrected chi connectivity index (χ0v) is 18.2. The standard InChI is InChI=1S/C22H16Cl2F3N2OS/c23-18-8-7-17(11-19(18)24)31-13-22(30,21(25)26)15-6-9-20-14(10-15)12-28-29(20,27)16-4-2-1-3-5-16/h1-12,21,30H,13H2/q+1. The summed E-state index contributed by atoms with van der Waals surface area (Å²) in [4.78, 5) is -0.735. The second-order valence-electron chi connectivity index (χ2n) is 7.00. The predicted octanol–water partition coefficient (Wildman–Crippen LogP) is 7.11. The van der Waals surface area contributed by atoms with Gasteiger partial charge in [-0.3, -0.25) is 0 Å². The van der Waals surface area contributed by atoms with Crippen molar-refractivity contribution >= 4 is 52.6 Å². The van der Waals surface area contributed by atoms with E-state index in [2.05, 4.69) is 5.10 Å². The summed E-state index contributed by atoms with van der Waals surface area (Å²) in [5.41, 5.74) is -1.70. The topological polar surface area (TPSA) is 32.6 Å². The fraction of sp³-hybridized carbons (Fsp3) is 0.136. The SMILES string of the molecule is OC(CSc1ccc(Cl)c(Cl)c1)(c1ccc2c(c1)C=N[N+]2(F)c1ccccc1)C(F)F. The first-order valence-electron chi connectivity index (χ1n) is 9.17. The van der Waals surface area contributed by atoms with E-state index in [-0.39, 0.29) is 22.7 Å². The van der Waals surface area contributed by atoms with Crippen molar-refractivity contribution in [3.05, 3.63) is 87.9 Å². The summed E-state index contributed by atoms with van der Waals surface area (Å²) < 4.78 is 43.5. The molecule has 3 aromatic carbocycles. The molecule has 160 valence electrons. The number of nitrogens with zero attached hydrogens (tertiary/aromatic N) is 2. The molecule has 1 aliphatic heterocycles. The summed E-state index contributed by atoms with van der Waals surface area (Å²) in [5.74, 6) is -0.340. The molecular formula is C22H16Cl2F3N2OS+. The Kier molecular flexibility index (Phi) is 6.07. The van der Waals surface area contributed by atoms with E-state index in [9.17, 15) is 13.9 Å². The molecule has 0 aromatic heterocycles. The Labute approximate surface area is 191 Å². The van der Waals surface area contributed by atoms with E-state index < -0.39 is 16.8 Å². The maximum absolute atomic E-state index is 15.6. The van der Waals surface area contributed by atoms with Gasteiger partial charge in [0.2, 0.25) is 11.4 Å². The number of alkyl halides is 2. The van der Waals surface area contributed by atoms with Crippen molar-refractivity contribution in [3.8, 4) is 0 Å². The van der Waals surface area contributed by atoms with Gasteiger partial charge in [-0.1, -0.05) is 41.4 Å². The second-order valence-corrected chi connectivity index (χ2v) is 8.86. The van der Waals surface area contributed by atoms with E-state index in [1.807, 2.05) is 0 Å². The van der Waals surface area contributed by atoms with Crippen molar-refractivity contribution in [1.82, 2.24) is 4.81 Å². The molecule has 2 atom stereocenters. The molecule has 1 heterocycles. The lowest BCUT2D eigenvalue weighted by Gasteiger charge is -2.28. The minimum Gasteiger partial charge on any atom is -0.378 e. The molecule has 4 rings (SSSR count). The van der Waals surface area contributed by atoms with E-state index in [0.29, 0.717) is 20.5 Å². The Morgan fingerprint density at radius 3 is 2.42 bits per heavy atom. The van der Waals surface area contributed by atoms with Crippen molar-refractivity contribution in [1.29, 1.82) is 0 Å². The zero-order valence-electron chi connectivity index (χ0n) is 15.9. The van der Waals surface area contributed by atoms with Gasteiger partial charge in [-0.15, -0.1) is 11.8 Å². The molecule has 0 spiro atoms. The maximum Gasteiger partial charge on any atom is 0.271 e. The van der Waals surface area contributed by atoms with Crippen LogP contribution in [0.4, 0.5) is 24.6 Å². The van der Waals surface area contributed by atoms with Gasteiger partial charge < -0.3 is 5.11 Å². The third-order valence-electron chi connectivity index (χ3n) is 5.01. The Balaban J connectivity index is 1.64. The van der Waals surface area contributed by atoms with Crippen molar-refractivity contribution in [3.63, 3.8) is 0 Å². The Hall–Kier alpha value is -2.03. The molecule has 1 N–H and O–H groups in total. The quantitative estimate of drug-likeness (QED) is 0.299.